The van der Waals surface area contributed by atoms with E-state index < -0.39 is 31.4 Å². The number of hydrogen-bond acceptors (Lipinski definition) is 8. The fourth-order valence-corrected chi connectivity index (χ4v) is 6.76. The summed E-state index contributed by atoms with van der Waals surface area (Å²) in [4.78, 5) is 0. The number of sulfonamides is 1. The fourth-order valence-electron chi connectivity index (χ4n) is 3.86. The van der Waals surface area contributed by atoms with Gasteiger partial charge in [0, 0.05) is 23.3 Å². The Hall–Kier alpha value is 0.0500. The summed E-state index contributed by atoms with van der Waals surface area (Å²) in [7, 11) is -7.79. The summed E-state index contributed by atoms with van der Waals surface area (Å²) >= 11 is 0.890. The Balaban J connectivity index is 2.24. The van der Waals surface area contributed by atoms with Crippen molar-refractivity contribution in [3.63, 3.8) is 0 Å². The fraction of sp³-hybridized carbons (Fsp3) is 1.00. The molecule has 0 amide bonds. The second-order valence-electron chi connectivity index (χ2n) is 6.15. The quantitative estimate of drug-likeness (QED) is 0.260. The largest absolute Gasteiger partial charge is 0.285 e. The molecular formula is C11H21NO8S3. The smallest absolute Gasteiger partial charge is 0.268 e. The monoisotopic (exact) mass is 391 g/mol. The highest BCUT2D eigenvalue weighted by atomic mass is 32.2. The van der Waals surface area contributed by atoms with E-state index in [9.17, 15) is 21.4 Å². The van der Waals surface area contributed by atoms with Crippen LogP contribution in [0.15, 0.2) is 0 Å². The number of hydrogen-bond donors (Lipinski definition) is 3. The van der Waals surface area contributed by atoms with E-state index in [1.54, 1.807) is 0 Å². The molecule has 0 heterocycles. The molecule has 0 aromatic carbocycles. The summed E-state index contributed by atoms with van der Waals surface area (Å²) < 4.78 is 62.9. The molecule has 5 atom stereocenters. The van der Waals surface area contributed by atoms with Gasteiger partial charge in [-0.1, -0.05) is 11.5 Å². The second kappa shape index (κ2) is 7.52. The summed E-state index contributed by atoms with van der Waals surface area (Å²) in [6.07, 6.45) is 3.61. The predicted molar refractivity (Wildman–Crippen MR) is 83.3 cm³/mol. The summed E-state index contributed by atoms with van der Waals surface area (Å²) in [6, 6.07) is -0.575. The topological polar surface area (TPSA) is 139 Å². The third-order valence-electron chi connectivity index (χ3n) is 4.56. The Bertz CT molecular complexity index is 607. The molecule has 0 saturated heterocycles. The highest BCUT2D eigenvalue weighted by Crippen LogP contribution is 2.47. The minimum Gasteiger partial charge on any atom is -0.285 e. The van der Waals surface area contributed by atoms with Crippen LogP contribution in [0.1, 0.15) is 32.1 Å². The van der Waals surface area contributed by atoms with E-state index >= 15 is 0 Å². The molecule has 136 valence electrons. The Kier molecular flexibility index (Phi) is 6.33. The molecule has 2 aliphatic carbocycles. The lowest BCUT2D eigenvalue weighted by Gasteiger charge is -2.46. The Morgan fingerprint density at radius 1 is 1.13 bits per heavy atom. The first-order chi connectivity index (χ1) is 10.6. The van der Waals surface area contributed by atoms with Crippen LogP contribution >= 0.6 is 12.0 Å². The Morgan fingerprint density at radius 3 is 2.39 bits per heavy atom. The molecule has 12 heteroatoms. The molecule has 0 radical (unpaired) electrons. The van der Waals surface area contributed by atoms with Gasteiger partial charge in [0.25, 0.3) is 10.1 Å². The van der Waals surface area contributed by atoms with E-state index in [0.717, 1.165) is 31.1 Å². The van der Waals surface area contributed by atoms with E-state index in [0.29, 0.717) is 12.8 Å². The van der Waals surface area contributed by atoms with Crippen LogP contribution in [0.3, 0.4) is 0 Å². The third kappa shape index (κ3) is 5.26. The molecule has 0 aliphatic heterocycles. The van der Waals surface area contributed by atoms with E-state index in [1.165, 1.54) is 0 Å². The van der Waals surface area contributed by atoms with Gasteiger partial charge in [0.2, 0.25) is 10.0 Å². The van der Waals surface area contributed by atoms with Crippen LogP contribution < -0.4 is 4.72 Å². The number of fused-ring (bicyclic) bond motifs is 1. The van der Waals surface area contributed by atoms with Gasteiger partial charge in [0.15, 0.2) is 0 Å². The average Bonchev–Trinajstić information content (AvgIpc) is 2.41. The molecule has 0 aromatic rings. The van der Waals surface area contributed by atoms with Gasteiger partial charge in [-0.05, 0) is 37.5 Å². The zero-order valence-electron chi connectivity index (χ0n) is 12.5. The van der Waals surface area contributed by atoms with Crippen molar-refractivity contribution in [2.24, 2.45) is 11.8 Å². The SMILES string of the molecule is CS(=O)(=O)NC1CC2C(SOOO)CCCC2C(S(=O)(=O)O)C1. The van der Waals surface area contributed by atoms with Crippen molar-refractivity contribution < 1.29 is 36.0 Å². The maximum atomic E-state index is 11.7. The molecule has 2 rings (SSSR count). The van der Waals surface area contributed by atoms with E-state index in [1.807, 2.05) is 0 Å². The number of rotatable bonds is 6. The first-order valence-electron chi connectivity index (χ1n) is 7.19. The minimum atomic E-state index is -4.29. The van der Waals surface area contributed by atoms with E-state index in [4.69, 9.17) is 5.26 Å². The Labute approximate surface area is 140 Å². The van der Waals surface area contributed by atoms with Crippen molar-refractivity contribution in [2.45, 2.75) is 48.6 Å². The van der Waals surface area contributed by atoms with Crippen molar-refractivity contribution in [1.29, 1.82) is 0 Å². The van der Waals surface area contributed by atoms with Crippen molar-refractivity contribution in [3.8, 4) is 0 Å². The van der Waals surface area contributed by atoms with Crippen LogP contribution in [-0.2, 0) is 29.5 Å². The lowest BCUT2D eigenvalue weighted by atomic mass is 9.69. The van der Waals surface area contributed by atoms with Crippen LogP contribution in [0.25, 0.3) is 0 Å². The van der Waals surface area contributed by atoms with Crippen LogP contribution in [0.4, 0.5) is 0 Å². The molecule has 5 unspecified atom stereocenters. The highest BCUT2D eigenvalue weighted by molar-refractivity contribution is 7.95. The molecule has 3 N–H and O–H groups in total. The summed E-state index contributed by atoms with van der Waals surface area (Å²) in [6.45, 7) is 0. The zero-order valence-corrected chi connectivity index (χ0v) is 14.9. The molecule has 0 bridgehead atoms. The van der Waals surface area contributed by atoms with Crippen LogP contribution in [0.2, 0.25) is 0 Å². The van der Waals surface area contributed by atoms with Gasteiger partial charge >= 0.3 is 0 Å². The molecule has 9 nitrogen and oxygen atoms in total. The van der Waals surface area contributed by atoms with Gasteiger partial charge in [0.05, 0.1) is 11.5 Å². The molecule has 2 saturated carbocycles. The van der Waals surface area contributed by atoms with Crippen LogP contribution in [0.5, 0.6) is 0 Å². The van der Waals surface area contributed by atoms with Gasteiger partial charge in [-0.15, -0.1) is 4.33 Å². The zero-order chi connectivity index (χ0) is 17.3. The second-order valence-corrected chi connectivity index (χ2v) is 10.5. The first kappa shape index (κ1) is 19.4. The maximum Gasteiger partial charge on any atom is 0.268 e. The van der Waals surface area contributed by atoms with Crippen molar-refractivity contribution in [1.82, 2.24) is 4.72 Å². The predicted octanol–water partition coefficient (Wildman–Crippen LogP) is 0.809. The Morgan fingerprint density at radius 2 is 1.83 bits per heavy atom. The summed E-state index contributed by atoms with van der Waals surface area (Å²) in [5.41, 5.74) is 0. The molecule has 0 spiro atoms. The maximum absolute atomic E-state index is 11.7. The van der Waals surface area contributed by atoms with Gasteiger partial charge in [-0.3, -0.25) is 4.55 Å². The van der Waals surface area contributed by atoms with Crippen LogP contribution in [0, 0.1) is 11.8 Å². The number of nitrogens with one attached hydrogen (secondary N) is 1. The standard InChI is InChI=1S/C11H21NO8S3/c1-22(14,15)12-7-5-9-8(11(6-7)23(16,17)18)3-2-4-10(9)21-20-19-13/h7-13H,2-6H2,1H3,(H,16,17,18). The van der Waals surface area contributed by atoms with Crippen molar-refractivity contribution in [2.75, 3.05) is 6.26 Å². The van der Waals surface area contributed by atoms with Crippen LogP contribution in [-0.4, -0.2) is 49.4 Å². The summed E-state index contributed by atoms with van der Waals surface area (Å²) in [5.74, 6) is -0.458. The van der Waals surface area contributed by atoms with Gasteiger partial charge in [-0.2, -0.15) is 8.42 Å². The van der Waals surface area contributed by atoms with Crippen molar-refractivity contribution >= 4 is 32.2 Å². The van der Waals surface area contributed by atoms with E-state index in [-0.39, 0.29) is 23.5 Å². The normalized spacial score (nSPS) is 35.7. The lowest BCUT2D eigenvalue weighted by molar-refractivity contribution is -0.432. The third-order valence-corrected chi connectivity index (χ3v) is 7.60. The highest BCUT2D eigenvalue weighted by Gasteiger charge is 2.48. The first-order valence-corrected chi connectivity index (χ1v) is 11.4. The van der Waals surface area contributed by atoms with Gasteiger partial charge in [0.1, 0.15) is 0 Å². The molecule has 2 fully saturated rings. The average molecular weight is 391 g/mol. The minimum absolute atomic E-state index is 0.0435. The molecule has 2 aliphatic rings. The lowest BCUT2D eigenvalue weighted by Crippen LogP contribution is -2.52. The molecule has 23 heavy (non-hydrogen) atoms. The summed E-state index contributed by atoms with van der Waals surface area (Å²) in [5, 5.41) is 10.7. The van der Waals surface area contributed by atoms with Gasteiger partial charge < -0.3 is 0 Å². The molecular weight excluding hydrogens is 370 g/mol. The van der Waals surface area contributed by atoms with Crippen molar-refractivity contribution in [3.05, 3.63) is 0 Å². The van der Waals surface area contributed by atoms with Gasteiger partial charge in [-0.25, -0.2) is 18.4 Å². The van der Waals surface area contributed by atoms with E-state index in [2.05, 4.69) is 14.1 Å². The molecule has 0 aromatic heterocycles.